The van der Waals surface area contributed by atoms with Crippen LogP contribution in [0.2, 0.25) is 0 Å². The number of hydrogen-bond acceptors (Lipinski definition) is 5. The van der Waals surface area contributed by atoms with Crippen molar-refractivity contribution in [2.45, 2.75) is 51.4 Å². The number of fused-ring (bicyclic) bond motifs is 3. The fraction of sp³-hybridized carbons (Fsp3) is 0.579. The first kappa shape index (κ1) is 16.0. The number of nitrogens with zero attached hydrogens (tertiary/aromatic N) is 1. The number of carbonyl (C=O) groups is 1. The van der Waals surface area contributed by atoms with Crippen LogP contribution >= 0.6 is 11.8 Å². The zero-order chi connectivity index (χ0) is 16.9. The lowest BCUT2D eigenvalue weighted by molar-refractivity contribution is -0.153. The fourth-order valence-electron chi connectivity index (χ4n) is 4.53. The van der Waals surface area contributed by atoms with Crippen LogP contribution in [0.5, 0.6) is 0 Å². The van der Waals surface area contributed by atoms with Gasteiger partial charge in [-0.25, -0.2) is 4.98 Å². The number of esters is 1. The molecular formula is C19H23NO3S. The van der Waals surface area contributed by atoms with Gasteiger partial charge in [-0.2, -0.15) is 0 Å². The average Bonchev–Trinajstić information content (AvgIpc) is 3.11. The van der Waals surface area contributed by atoms with Gasteiger partial charge in [0, 0.05) is 5.41 Å². The van der Waals surface area contributed by atoms with Gasteiger partial charge in [-0.05, 0) is 42.7 Å². The van der Waals surface area contributed by atoms with Gasteiger partial charge in [0.25, 0.3) is 5.22 Å². The summed E-state index contributed by atoms with van der Waals surface area (Å²) in [6, 6.07) is 7.61. The van der Waals surface area contributed by atoms with Crippen molar-refractivity contribution in [1.29, 1.82) is 0 Å². The number of carbonyl (C=O) groups excluding carboxylic acids is 1. The van der Waals surface area contributed by atoms with Crippen LogP contribution in [0.3, 0.4) is 0 Å². The van der Waals surface area contributed by atoms with Gasteiger partial charge in [-0.15, -0.1) is 0 Å². The van der Waals surface area contributed by atoms with Gasteiger partial charge in [0.15, 0.2) is 5.58 Å². The van der Waals surface area contributed by atoms with Crippen LogP contribution in [0.4, 0.5) is 0 Å². The number of oxazole rings is 1. The van der Waals surface area contributed by atoms with Crippen LogP contribution < -0.4 is 0 Å². The fourth-order valence-corrected chi connectivity index (χ4v) is 5.16. The highest BCUT2D eigenvalue weighted by Gasteiger charge is 2.62. The van der Waals surface area contributed by atoms with E-state index in [1.165, 1.54) is 18.2 Å². The molecule has 0 amide bonds. The maximum absolute atomic E-state index is 12.3. The summed E-state index contributed by atoms with van der Waals surface area (Å²) in [5.74, 6) is 0.742. The van der Waals surface area contributed by atoms with E-state index in [2.05, 4.69) is 25.8 Å². The van der Waals surface area contributed by atoms with Crippen LogP contribution in [0.25, 0.3) is 11.1 Å². The second kappa shape index (κ2) is 5.51. The predicted octanol–water partition coefficient (Wildman–Crippen LogP) is 4.68. The Labute approximate surface area is 146 Å². The summed E-state index contributed by atoms with van der Waals surface area (Å²) in [6.07, 6.45) is 3.46. The highest BCUT2D eigenvalue weighted by atomic mass is 32.2. The van der Waals surface area contributed by atoms with Crippen molar-refractivity contribution in [1.82, 2.24) is 4.98 Å². The van der Waals surface area contributed by atoms with Crippen molar-refractivity contribution in [3.63, 3.8) is 0 Å². The summed E-state index contributed by atoms with van der Waals surface area (Å²) < 4.78 is 11.5. The van der Waals surface area contributed by atoms with Crippen molar-refractivity contribution in [2.75, 3.05) is 5.75 Å². The number of para-hydroxylation sites is 2. The molecule has 2 saturated carbocycles. The molecule has 0 saturated heterocycles. The van der Waals surface area contributed by atoms with Gasteiger partial charge in [0.05, 0.1) is 0 Å². The van der Waals surface area contributed by atoms with E-state index < -0.39 is 0 Å². The molecule has 24 heavy (non-hydrogen) atoms. The Morgan fingerprint density at radius 3 is 2.83 bits per heavy atom. The van der Waals surface area contributed by atoms with E-state index in [9.17, 15) is 4.79 Å². The summed E-state index contributed by atoms with van der Waals surface area (Å²) in [7, 11) is 0. The normalized spacial score (nSPS) is 30.8. The van der Waals surface area contributed by atoms with Crippen molar-refractivity contribution in [3.8, 4) is 0 Å². The zero-order valence-corrected chi connectivity index (χ0v) is 15.2. The average molecular weight is 345 g/mol. The number of aromatic nitrogens is 1. The van der Waals surface area contributed by atoms with E-state index in [-0.39, 0.29) is 28.7 Å². The Morgan fingerprint density at radius 1 is 1.38 bits per heavy atom. The van der Waals surface area contributed by atoms with Gasteiger partial charge < -0.3 is 9.15 Å². The van der Waals surface area contributed by atoms with E-state index in [0.29, 0.717) is 11.1 Å². The molecule has 4 rings (SSSR count). The molecule has 0 radical (unpaired) electrons. The zero-order valence-electron chi connectivity index (χ0n) is 14.4. The molecule has 1 aromatic carbocycles. The topological polar surface area (TPSA) is 52.3 Å². The van der Waals surface area contributed by atoms with Crippen LogP contribution in [0.15, 0.2) is 33.9 Å². The monoisotopic (exact) mass is 345 g/mol. The molecule has 0 spiro atoms. The second-order valence-corrected chi connectivity index (χ2v) is 8.75. The molecular weight excluding hydrogens is 322 g/mol. The lowest BCUT2D eigenvalue weighted by Gasteiger charge is -2.38. The lowest BCUT2D eigenvalue weighted by Crippen LogP contribution is -2.38. The minimum Gasteiger partial charge on any atom is -0.461 e. The highest BCUT2D eigenvalue weighted by molar-refractivity contribution is 7.99. The molecule has 2 aliphatic carbocycles. The maximum atomic E-state index is 12.3. The Morgan fingerprint density at radius 2 is 2.17 bits per heavy atom. The molecule has 2 aliphatic rings. The van der Waals surface area contributed by atoms with Crippen molar-refractivity contribution in [3.05, 3.63) is 24.3 Å². The molecule has 1 heterocycles. The molecule has 128 valence electrons. The summed E-state index contributed by atoms with van der Waals surface area (Å²) >= 11 is 1.30. The first-order valence-corrected chi connectivity index (χ1v) is 9.56. The standard InChI is InChI=1S/C19H23NO3S/c1-18(2)12-8-9-19(18,3)15(10-12)23-16(21)11-24-17-20-13-6-4-5-7-14(13)22-17/h4-7,12,15H,8-11H2,1-3H3/t12-,15+,19-/m1/s1. The van der Waals surface area contributed by atoms with Gasteiger partial charge in [-0.1, -0.05) is 44.7 Å². The van der Waals surface area contributed by atoms with E-state index in [0.717, 1.165) is 23.9 Å². The van der Waals surface area contributed by atoms with Crippen LogP contribution in [0.1, 0.15) is 40.0 Å². The third-order valence-corrected chi connectivity index (χ3v) is 7.38. The van der Waals surface area contributed by atoms with E-state index in [1.54, 1.807) is 0 Å². The first-order valence-electron chi connectivity index (χ1n) is 8.58. The van der Waals surface area contributed by atoms with Gasteiger partial charge >= 0.3 is 5.97 Å². The summed E-state index contributed by atoms with van der Waals surface area (Å²) in [6.45, 7) is 6.93. The van der Waals surface area contributed by atoms with Gasteiger partial charge in [-0.3, -0.25) is 4.79 Å². The van der Waals surface area contributed by atoms with E-state index >= 15 is 0 Å². The van der Waals surface area contributed by atoms with Gasteiger partial charge in [0.2, 0.25) is 0 Å². The van der Waals surface area contributed by atoms with Gasteiger partial charge in [0.1, 0.15) is 17.4 Å². The second-order valence-electron chi connectivity index (χ2n) is 7.83. The number of hydrogen-bond donors (Lipinski definition) is 0. The largest absolute Gasteiger partial charge is 0.461 e. The Bertz CT molecular complexity index is 751. The molecule has 0 unspecified atom stereocenters. The first-order chi connectivity index (χ1) is 11.4. The maximum Gasteiger partial charge on any atom is 0.316 e. The molecule has 0 aliphatic heterocycles. The van der Waals surface area contributed by atoms with E-state index in [4.69, 9.17) is 9.15 Å². The summed E-state index contributed by atoms with van der Waals surface area (Å²) in [5, 5.41) is 0.521. The smallest absolute Gasteiger partial charge is 0.316 e. The van der Waals surface area contributed by atoms with Crippen molar-refractivity contribution >= 4 is 28.8 Å². The Balaban J connectivity index is 1.37. The molecule has 2 bridgehead atoms. The number of thioether (sulfide) groups is 1. The SMILES string of the molecule is CC1(C)[C@@H]2CC[C@]1(C)[C@@H](OC(=O)CSc1nc3ccccc3o1)C2. The molecule has 5 heteroatoms. The molecule has 0 N–H and O–H groups in total. The van der Waals surface area contributed by atoms with Crippen molar-refractivity contribution < 1.29 is 13.9 Å². The lowest BCUT2D eigenvalue weighted by atomic mass is 9.70. The minimum atomic E-state index is -0.170. The molecule has 3 atom stereocenters. The summed E-state index contributed by atoms with van der Waals surface area (Å²) in [5.41, 5.74) is 1.92. The molecule has 2 aromatic rings. The third-order valence-electron chi connectivity index (χ3n) is 6.58. The van der Waals surface area contributed by atoms with Crippen molar-refractivity contribution in [2.24, 2.45) is 16.7 Å². The number of rotatable bonds is 4. The third kappa shape index (κ3) is 2.36. The van der Waals surface area contributed by atoms with E-state index in [1.807, 2.05) is 24.3 Å². The highest BCUT2D eigenvalue weighted by Crippen LogP contribution is 2.66. The number of benzene rings is 1. The quantitative estimate of drug-likeness (QED) is 0.595. The minimum absolute atomic E-state index is 0.0444. The summed E-state index contributed by atoms with van der Waals surface area (Å²) in [4.78, 5) is 16.7. The van der Waals surface area contributed by atoms with Crippen LogP contribution in [0, 0.1) is 16.7 Å². The number of ether oxygens (including phenoxy) is 1. The van der Waals surface area contributed by atoms with Crippen LogP contribution in [-0.2, 0) is 9.53 Å². The Kier molecular flexibility index (Phi) is 3.68. The van der Waals surface area contributed by atoms with Crippen LogP contribution in [-0.4, -0.2) is 22.8 Å². The molecule has 4 nitrogen and oxygen atoms in total. The molecule has 2 fully saturated rings. The Hall–Kier alpha value is -1.49. The molecule has 1 aromatic heterocycles. The predicted molar refractivity (Wildman–Crippen MR) is 93.8 cm³/mol.